The van der Waals surface area contributed by atoms with Crippen LogP contribution in [0.1, 0.15) is 56.1 Å². The van der Waals surface area contributed by atoms with Crippen LogP contribution in [-0.2, 0) is 24.0 Å². The molecule has 1 N–H and O–H groups in total. The van der Waals surface area contributed by atoms with Gasteiger partial charge in [-0.3, -0.25) is 4.79 Å². The van der Waals surface area contributed by atoms with Gasteiger partial charge in [-0.25, -0.2) is 9.48 Å². The molecule has 7 nitrogen and oxygen atoms in total. The number of hydrogen-bond donors (Lipinski definition) is 1. The van der Waals surface area contributed by atoms with Crippen molar-refractivity contribution in [2.75, 3.05) is 18.6 Å². The first-order chi connectivity index (χ1) is 17.1. The molecule has 36 heavy (non-hydrogen) atoms. The topological polar surface area (TPSA) is 76.5 Å². The highest BCUT2D eigenvalue weighted by Crippen LogP contribution is 2.33. The van der Waals surface area contributed by atoms with Crippen LogP contribution in [0, 0.1) is 0 Å². The number of fused-ring (bicyclic) bond motifs is 1. The summed E-state index contributed by atoms with van der Waals surface area (Å²) in [6.45, 7) is 6.76. The van der Waals surface area contributed by atoms with Crippen molar-refractivity contribution in [3.05, 3.63) is 88.6 Å². The Morgan fingerprint density at radius 1 is 1.19 bits per heavy atom. The van der Waals surface area contributed by atoms with Crippen molar-refractivity contribution in [2.24, 2.45) is 0 Å². The molecule has 188 valence electrons. The first kappa shape index (κ1) is 25.0. The monoisotopic (exact) mass is 498 g/mol. The van der Waals surface area contributed by atoms with Gasteiger partial charge in [0.15, 0.2) is 0 Å². The minimum absolute atomic E-state index is 0.191. The van der Waals surface area contributed by atoms with Gasteiger partial charge in [-0.1, -0.05) is 30.8 Å². The fourth-order valence-corrected chi connectivity index (χ4v) is 4.23. The van der Waals surface area contributed by atoms with E-state index in [1.165, 1.54) is 19.3 Å². The molecule has 2 aromatic carbocycles. The van der Waals surface area contributed by atoms with Gasteiger partial charge in [-0.05, 0) is 48.4 Å². The van der Waals surface area contributed by atoms with Gasteiger partial charge in [0, 0.05) is 13.1 Å². The van der Waals surface area contributed by atoms with Crippen molar-refractivity contribution in [1.82, 2.24) is 15.1 Å². The summed E-state index contributed by atoms with van der Waals surface area (Å²) in [6.07, 6.45) is -2.95. The van der Waals surface area contributed by atoms with Crippen molar-refractivity contribution < 1.29 is 27.5 Å². The summed E-state index contributed by atoms with van der Waals surface area (Å²) >= 11 is 0. The standard InChI is InChI=1S/C26H25F3N4O3/c1-4-21-22(23(34)30-16(2)18-8-10-19(11-9-18)25(35)36-3)24-32(12-13-33(24)31-21)15-17-6-5-7-20(14-17)26(27,28)29/h4-11,14,16H,1,12-13,15H2,2-3H3,(H,30,34)/t16-/m0/s1. The fraction of sp³-hybridized carbons (Fsp3) is 0.269. The zero-order valence-corrected chi connectivity index (χ0v) is 19.8. The molecule has 0 unspecified atom stereocenters. The zero-order chi connectivity index (χ0) is 26.0. The summed E-state index contributed by atoms with van der Waals surface area (Å²) in [4.78, 5) is 26.9. The highest BCUT2D eigenvalue weighted by atomic mass is 19.4. The van der Waals surface area contributed by atoms with Gasteiger partial charge in [0.2, 0.25) is 0 Å². The number of methoxy groups -OCH3 is 1. The van der Waals surface area contributed by atoms with Crippen LogP contribution in [0.2, 0.25) is 0 Å². The Hall–Kier alpha value is -4.08. The van der Waals surface area contributed by atoms with Gasteiger partial charge in [-0.15, -0.1) is 0 Å². The predicted molar refractivity (Wildman–Crippen MR) is 128 cm³/mol. The first-order valence-corrected chi connectivity index (χ1v) is 11.3. The molecule has 2 heterocycles. The third-order valence-corrected chi connectivity index (χ3v) is 6.06. The number of carbonyl (C=O) groups is 2. The second kappa shape index (κ2) is 9.88. The van der Waals surface area contributed by atoms with Crippen molar-refractivity contribution >= 4 is 23.8 Å². The molecule has 1 amide bonds. The number of anilines is 1. The Bertz CT molecular complexity index is 1300. The van der Waals surface area contributed by atoms with E-state index in [-0.39, 0.29) is 12.5 Å². The van der Waals surface area contributed by atoms with E-state index in [4.69, 9.17) is 4.74 Å². The molecule has 0 aliphatic carbocycles. The molecule has 3 aromatic rings. The van der Waals surface area contributed by atoms with Gasteiger partial charge < -0.3 is 15.0 Å². The minimum Gasteiger partial charge on any atom is -0.465 e. The van der Waals surface area contributed by atoms with Crippen molar-refractivity contribution in [1.29, 1.82) is 0 Å². The Kier molecular flexibility index (Phi) is 6.87. The number of nitrogens with zero attached hydrogens (tertiary/aromatic N) is 3. The number of aromatic nitrogens is 2. The lowest BCUT2D eigenvalue weighted by molar-refractivity contribution is -0.137. The number of hydrogen-bond acceptors (Lipinski definition) is 5. The molecule has 10 heteroatoms. The summed E-state index contributed by atoms with van der Waals surface area (Å²) in [5.41, 5.74) is 1.64. The van der Waals surface area contributed by atoms with Crippen LogP contribution in [0.5, 0.6) is 0 Å². The second-order valence-corrected chi connectivity index (χ2v) is 8.44. The number of carbonyl (C=O) groups excluding carboxylic acids is 2. The number of amides is 1. The SMILES string of the molecule is C=Cc1nn2c(c1C(=O)N[C@@H](C)c1ccc(C(=O)OC)cc1)N(Cc1cccc(C(F)(F)F)c1)CC2. The van der Waals surface area contributed by atoms with Gasteiger partial charge in [0.05, 0.1) is 36.5 Å². The first-order valence-electron chi connectivity index (χ1n) is 11.3. The number of alkyl halides is 3. The van der Waals surface area contributed by atoms with Crippen LogP contribution in [0.25, 0.3) is 6.08 Å². The van der Waals surface area contributed by atoms with Gasteiger partial charge >= 0.3 is 12.1 Å². The Morgan fingerprint density at radius 3 is 2.56 bits per heavy atom. The van der Waals surface area contributed by atoms with Crippen LogP contribution < -0.4 is 10.2 Å². The largest absolute Gasteiger partial charge is 0.465 e. The third kappa shape index (κ3) is 4.98. The smallest absolute Gasteiger partial charge is 0.416 e. The highest BCUT2D eigenvalue weighted by molar-refractivity contribution is 6.02. The minimum atomic E-state index is -4.44. The number of rotatable bonds is 7. The van der Waals surface area contributed by atoms with E-state index < -0.39 is 23.8 Å². The Balaban J connectivity index is 1.57. The molecule has 0 saturated heterocycles. The van der Waals surface area contributed by atoms with Crippen molar-refractivity contribution in [3.8, 4) is 0 Å². The molecule has 0 fully saturated rings. The number of benzene rings is 2. The van der Waals surface area contributed by atoms with Crippen molar-refractivity contribution in [3.63, 3.8) is 0 Å². The molecule has 0 bridgehead atoms. The van der Waals surface area contributed by atoms with E-state index in [2.05, 4.69) is 17.0 Å². The summed E-state index contributed by atoms with van der Waals surface area (Å²) in [6, 6.07) is 11.5. The molecule has 1 aromatic heterocycles. The van der Waals surface area contributed by atoms with E-state index in [9.17, 15) is 22.8 Å². The number of halogens is 3. The van der Waals surface area contributed by atoms with Crippen LogP contribution >= 0.6 is 0 Å². The lowest BCUT2D eigenvalue weighted by Gasteiger charge is -2.21. The number of nitrogens with one attached hydrogen (secondary N) is 1. The molecule has 0 spiro atoms. The van der Waals surface area contributed by atoms with E-state index >= 15 is 0 Å². The maximum atomic E-state index is 13.4. The summed E-state index contributed by atoms with van der Waals surface area (Å²) in [7, 11) is 1.30. The van der Waals surface area contributed by atoms with E-state index in [0.717, 1.165) is 17.7 Å². The van der Waals surface area contributed by atoms with E-state index in [1.54, 1.807) is 35.0 Å². The molecule has 0 radical (unpaired) electrons. The fourth-order valence-electron chi connectivity index (χ4n) is 4.23. The van der Waals surface area contributed by atoms with E-state index in [0.29, 0.717) is 41.3 Å². The summed E-state index contributed by atoms with van der Waals surface area (Å²) in [5.74, 6) is -0.301. The number of esters is 1. The quantitative estimate of drug-likeness (QED) is 0.472. The van der Waals surface area contributed by atoms with Crippen LogP contribution in [-0.4, -0.2) is 35.3 Å². The Labute approximate surface area is 206 Å². The van der Waals surface area contributed by atoms with Gasteiger partial charge in [0.1, 0.15) is 11.4 Å². The molecular formula is C26H25F3N4O3. The molecule has 1 aliphatic heterocycles. The second-order valence-electron chi connectivity index (χ2n) is 8.44. The average molecular weight is 499 g/mol. The average Bonchev–Trinajstić information content (AvgIpc) is 3.42. The summed E-state index contributed by atoms with van der Waals surface area (Å²) < 4.78 is 45.9. The third-order valence-electron chi connectivity index (χ3n) is 6.06. The summed E-state index contributed by atoms with van der Waals surface area (Å²) in [5, 5.41) is 7.41. The molecule has 1 atom stereocenters. The maximum absolute atomic E-state index is 13.4. The van der Waals surface area contributed by atoms with E-state index in [1.807, 2.05) is 11.8 Å². The molecular weight excluding hydrogens is 473 g/mol. The van der Waals surface area contributed by atoms with Gasteiger partial charge in [0.25, 0.3) is 5.91 Å². The highest BCUT2D eigenvalue weighted by Gasteiger charge is 2.33. The van der Waals surface area contributed by atoms with Crippen LogP contribution in [0.15, 0.2) is 55.1 Å². The maximum Gasteiger partial charge on any atom is 0.416 e. The van der Waals surface area contributed by atoms with Gasteiger partial charge in [-0.2, -0.15) is 18.3 Å². The normalized spacial score (nSPS) is 13.8. The Morgan fingerprint density at radius 2 is 1.92 bits per heavy atom. The van der Waals surface area contributed by atoms with Crippen LogP contribution in [0.3, 0.4) is 0 Å². The van der Waals surface area contributed by atoms with Crippen molar-refractivity contribution in [2.45, 2.75) is 32.2 Å². The zero-order valence-electron chi connectivity index (χ0n) is 19.8. The molecule has 1 aliphatic rings. The lowest BCUT2D eigenvalue weighted by Crippen LogP contribution is -2.29. The van der Waals surface area contributed by atoms with Crippen LogP contribution in [0.4, 0.5) is 19.0 Å². The number of ether oxygens (including phenoxy) is 1. The predicted octanol–water partition coefficient (Wildman–Crippen LogP) is 4.84. The molecule has 0 saturated carbocycles. The molecule has 4 rings (SSSR count). The lowest BCUT2D eigenvalue weighted by atomic mass is 10.1.